The Morgan fingerprint density at radius 1 is 1.53 bits per heavy atom. The van der Waals surface area contributed by atoms with Gasteiger partial charge in [0.2, 0.25) is 0 Å². The molecule has 0 bridgehead atoms. The maximum atomic E-state index is 6.56. The molecule has 0 aromatic carbocycles. The average molecular weight is 245 g/mol. The zero-order valence-electron chi connectivity index (χ0n) is 9.47. The number of rotatable bonds is 2. The minimum Gasteiger partial charge on any atom is -0.373 e. The molecule has 0 amide bonds. The third-order valence-electron chi connectivity index (χ3n) is 3.10. The van der Waals surface area contributed by atoms with Gasteiger partial charge >= 0.3 is 0 Å². The van der Waals surface area contributed by atoms with E-state index in [0.29, 0.717) is 0 Å². The Bertz CT molecular complexity index is 353. The van der Waals surface area contributed by atoms with Gasteiger partial charge in [-0.1, -0.05) is 0 Å². The van der Waals surface area contributed by atoms with E-state index in [1.165, 1.54) is 15.3 Å². The van der Waals surface area contributed by atoms with Crippen LogP contribution in [0.25, 0.3) is 0 Å². The molecule has 0 spiro atoms. The van der Waals surface area contributed by atoms with Crippen molar-refractivity contribution in [2.24, 2.45) is 0 Å². The molecule has 0 radical (unpaired) electrons. The molecule has 1 fully saturated rings. The van der Waals surface area contributed by atoms with Crippen molar-refractivity contribution in [1.29, 1.82) is 0 Å². The molecule has 1 nitrogen and oxygen atoms in total. The van der Waals surface area contributed by atoms with Gasteiger partial charge in [0, 0.05) is 16.4 Å². The van der Waals surface area contributed by atoms with E-state index in [1.807, 2.05) is 0 Å². The van der Waals surface area contributed by atoms with Crippen LogP contribution in [-0.2, 0) is 4.74 Å². The molecule has 1 aliphatic heterocycles. The first-order valence-electron chi connectivity index (χ1n) is 5.38. The van der Waals surface area contributed by atoms with Crippen LogP contribution < -0.4 is 0 Å². The number of alkyl halides is 1. The van der Waals surface area contributed by atoms with Crippen LogP contribution in [0.15, 0.2) is 6.07 Å². The van der Waals surface area contributed by atoms with E-state index in [4.69, 9.17) is 16.3 Å². The lowest BCUT2D eigenvalue weighted by Gasteiger charge is -2.28. The first kappa shape index (κ1) is 11.4. The first-order valence-corrected chi connectivity index (χ1v) is 6.63. The molecule has 3 heteroatoms. The van der Waals surface area contributed by atoms with Crippen molar-refractivity contribution in [2.45, 2.75) is 44.6 Å². The van der Waals surface area contributed by atoms with Gasteiger partial charge in [0.05, 0.1) is 11.0 Å². The number of hydrogen-bond acceptors (Lipinski definition) is 2. The Morgan fingerprint density at radius 2 is 2.27 bits per heavy atom. The molecule has 2 unspecified atom stereocenters. The number of hydrogen-bond donors (Lipinski definition) is 0. The SMILES string of the molecule is Cc1cc(C)c(C(Cl)C2(C)CCCO2)s1. The highest BCUT2D eigenvalue weighted by molar-refractivity contribution is 7.12. The number of ether oxygens (including phenoxy) is 1. The summed E-state index contributed by atoms with van der Waals surface area (Å²) in [5.74, 6) is 0. The number of aryl methyl sites for hydroxylation is 2. The summed E-state index contributed by atoms with van der Waals surface area (Å²) in [4.78, 5) is 2.60. The average Bonchev–Trinajstić information content (AvgIpc) is 2.73. The maximum absolute atomic E-state index is 6.56. The summed E-state index contributed by atoms with van der Waals surface area (Å²) in [6.45, 7) is 7.24. The van der Waals surface area contributed by atoms with Crippen LogP contribution in [0.2, 0.25) is 0 Å². The van der Waals surface area contributed by atoms with Gasteiger partial charge in [-0.25, -0.2) is 0 Å². The van der Waals surface area contributed by atoms with Crippen LogP contribution in [-0.4, -0.2) is 12.2 Å². The Labute approximate surface area is 100 Å². The predicted octanol–water partition coefficient (Wildman–Crippen LogP) is 4.21. The second kappa shape index (κ2) is 4.08. The van der Waals surface area contributed by atoms with Crippen molar-refractivity contribution in [3.8, 4) is 0 Å². The van der Waals surface area contributed by atoms with E-state index in [0.717, 1.165) is 19.4 Å². The normalized spacial score (nSPS) is 28.3. The predicted molar refractivity (Wildman–Crippen MR) is 66.0 cm³/mol. The van der Waals surface area contributed by atoms with E-state index in [2.05, 4.69) is 26.8 Å². The molecule has 15 heavy (non-hydrogen) atoms. The monoisotopic (exact) mass is 244 g/mol. The zero-order valence-corrected chi connectivity index (χ0v) is 11.0. The zero-order chi connectivity index (χ0) is 11.1. The Balaban J connectivity index is 2.27. The summed E-state index contributed by atoms with van der Waals surface area (Å²) < 4.78 is 5.80. The molecule has 1 aromatic heterocycles. The Hall–Kier alpha value is -0.0500. The van der Waals surface area contributed by atoms with E-state index >= 15 is 0 Å². The molecular weight excluding hydrogens is 228 g/mol. The van der Waals surface area contributed by atoms with Crippen molar-refractivity contribution in [3.05, 3.63) is 21.4 Å². The minimum absolute atomic E-state index is 0.00120. The van der Waals surface area contributed by atoms with Gasteiger partial charge in [-0.3, -0.25) is 0 Å². The Kier molecular flexibility index (Phi) is 3.11. The molecule has 2 heterocycles. The van der Waals surface area contributed by atoms with Crippen molar-refractivity contribution in [1.82, 2.24) is 0 Å². The molecule has 84 valence electrons. The Morgan fingerprint density at radius 3 is 2.73 bits per heavy atom. The van der Waals surface area contributed by atoms with Gasteiger partial charge < -0.3 is 4.74 Å². The summed E-state index contributed by atoms with van der Waals surface area (Å²) in [6, 6.07) is 2.20. The summed E-state index contributed by atoms with van der Waals surface area (Å²) >= 11 is 8.35. The van der Waals surface area contributed by atoms with Crippen LogP contribution in [0.4, 0.5) is 0 Å². The molecule has 0 saturated carbocycles. The number of halogens is 1. The smallest absolute Gasteiger partial charge is 0.0967 e. The van der Waals surface area contributed by atoms with Crippen LogP contribution in [0.1, 0.15) is 40.5 Å². The largest absolute Gasteiger partial charge is 0.373 e. The fourth-order valence-corrected chi connectivity index (χ4v) is 3.82. The lowest BCUT2D eigenvalue weighted by molar-refractivity contribution is 0.0170. The second-order valence-corrected chi connectivity index (χ2v) is 6.26. The van der Waals surface area contributed by atoms with Gasteiger partial charge in [-0.05, 0) is 45.2 Å². The third-order valence-corrected chi connectivity index (χ3v) is 5.12. The van der Waals surface area contributed by atoms with E-state index in [1.54, 1.807) is 11.3 Å². The molecule has 0 N–H and O–H groups in total. The highest BCUT2D eigenvalue weighted by Gasteiger charge is 2.39. The molecule has 2 atom stereocenters. The molecular formula is C12H17ClOS. The molecule has 2 rings (SSSR count). The quantitative estimate of drug-likeness (QED) is 0.708. The van der Waals surface area contributed by atoms with Crippen molar-refractivity contribution in [3.63, 3.8) is 0 Å². The summed E-state index contributed by atoms with van der Waals surface area (Å²) in [6.07, 6.45) is 2.20. The lowest BCUT2D eigenvalue weighted by atomic mass is 9.96. The van der Waals surface area contributed by atoms with Crippen LogP contribution in [0.3, 0.4) is 0 Å². The lowest BCUT2D eigenvalue weighted by Crippen LogP contribution is -2.28. The van der Waals surface area contributed by atoms with Crippen molar-refractivity contribution < 1.29 is 4.74 Å². The van der Waals surface area contributed by atoms with Gasteiger partial charge in [0.25, 0.3) is 0 Å². The summed E-state index contributed by atoms with van der Waals surface area (Å²) in [5, 5.41) is -0.00120. The van der Waals surface area contributed by atoms with E-state index < -0.39 is 0 Å². The number of thiophene rings is 1. The summed E-state index contributed by atoms with van der Waals surface area (Å²) in [7, 11) is 0. The fourth-order valence-electron chi connectivity index (χ4n) is 2.19. The van der Waals surface area contributed by atoms with Gasteiger partial charge in [0.15, 0.2) is 0 Å². The van der Waals surface area contributed by atoms with Gasteiger partial charge in [0.1, 0.15) is 0 Å². The highest BCUT2D eigenvalue weighted by atomic mass is 35.5. The van der Waals surface area contributed by atoms with Gasteiger partial charge in [-0.2, -0.15) is 0 Å². The van der Waals surface area contributed by atoms with Crippen molar-refractivity contribution in [2.75, 3.05) is 6.61 Å². The van der Waals surface area contributed by atoms with E-state index in [9.17, 15) is 0 Å². The van der Waals surface area contributed by atoms with Crippen LogP contribution in [0.5, 0.6) is 0 Å². The molecule has 0 aliphatic carbocycles. The topological polar surface area (TPSA) is 9.23 Å². The standard InChI is InChI=1S/C12H17ClOS/c1-8-7-9(2)15-10(8)11(13)12(3)5-4-6-14-12/h7,11H,4-6H2,1-3H3. The summed E-state index contributed by atoms with van der Waals surface area (Å²) in [5.41, 5.74) is 1.14. The fraction of sp³-hybridized carbons (Fsp3) is 0.667. The van der Waals surface area contributed by atoms with E-state index in [-0.39, 0.29) is 11.0 Å². The molecule has 1 aromatic rings. The first-order chi connectivity index (χ1) is 7.03. The van der Waals surface area contributed by atoms with Gasteiger partial charge in [-0.15, -0.1) is 22.9 Å². The van der Waals surface area contributed by atoms with Crippen LogP contribution in [0, 0.1) is 13.8 Å². The minimum atomic E-state index is -0.163. The maximum Gasteiger partial charge on any atom is 0.0967 e. The highest BCUT2D eigenvalue weighted by Crippen LogP contribution is 2.45. The molecule has 1 aliphatic rings. The second-order valence-electron chi connectivity index (χ2n) is 4.53. The molecule has 1 saturated heterocycles. The van der Waals surface area contributed by atoms with Crippen molar-refractivity contribution >= 4 is 22.9 Å². The third kappa shape index (κ3) is 2.08. The van der Waals surface area contributed by atoms with Crippen LogP contribution >= 0.6 is 22.9 Å².